The number of rotatable bonds is 0. The van der Waals surface area contributed by atoms with Gasteiger partial charge in [0.2, 0.25) is 0 Å². The zero-order valence-corrected chi connectivity index (χ0v) is 7.30. The highest BCUT2D eigenvalue weighted by atomic mass is 16.1. The van der Waals surface area contributed by atoms with Crippen molar-refractivity contribution >= 4 is 0 Å². The lowest BCUT2D eigenvalue weighted by Crippen LogP contribution is -2.14. The standard InChI is InChI=1S/C5H7N3O.C2H6/c1-3-6-4(2)8-5(9)7-3;1-2/h1-2H3,(H,6,7,8,9);1-2H3. The molecule has 0 amide bonds. The van der Waals surface area contributed by atoms with Gasteiger partial charge in [0.15, 0.2) is 0 Å². The fourth-order valence-corrected chi connectivity index (χ4v) is 0.625. The zero-order valence-electron chi connectivity index (χ0n) is 7.30. The van der Waals surface area contributed by atoms with E-state index < -0.39 is 0 Å². The van der Waals surface area contributed by atoms with Crippen molar-refractivity contribution in [2.45, 2.75) is 27.7 Å². The summed E-state index contributed by atoms with van der Waals surface area (Å²) in [6, 6.07) is 0. The van der Waals surface area contributed by atoms with Crippen molar-refractivity contribution in [3.63, 3.8) is 0 Å². The summed E-state index contributed by atoms with van der Waals surface area (Å²) in [5.41, 5.74) is -0.333. The molecule has 0 aliphatic carbocycles. The van der Waals surface area contributed by atoms with Crippen LogP contribution in [0.5, 0.6) is 0 Å². The molecule has 0 aliphatic heterocycles. The Labute approximate surface area is 65.7 Å². The first-order valence-electron chi connectivity index (χ1n) is 3.60. The number of hydrogen-bond donors (Lipinski definition) is 1. The van der Waals surface area contributed by atoms with E-state index >= 15 is 0 Å². The van der Waals surface area contributed by atoms with Gasteiger partial charge in [-0.15, -0.1) is 0 Å². The molecule has 1 heterocycles. The first-order valence-corrected chi connectivity index (χ1v) is 3.60. The van der Waals surface area contributed by atoms with Crippen molar-refractivity contribution in [2.24, 2.45) is 0 Å². The summed E-state index contributed by atoms with van der Waals surface area (Å²) in [4.78, 5) is 20.3. The Hall–Kier alpha value is -1.19. The van der Waals surface area contributed by atoms with Crippen LogP contribution >= 0.6 is 0 Å². The minimum Gasteiger partial charge on any atom is -0.294 e. The van der Waals surface area contributed by atoms with Crippen LogP contribution in [0.2, 0.25) is 0 Å². The third-order valence-corrected chi connectivity index (χ3v) is 0.881. The van der Waals surface area contributed by atoms with Crippen molar-refractivity contribution < 1.29 is 0 Å². The Morgan fingerprint density at radius 3 is 2.09 bits per heavy atom. The van der Waals surface area contributed by atoms with Crippen LogP contribution in [0.4, 0.5) is 0 Å². The fraction of sp³-hybridized carbons (Fsp3) is 0.571. The van der Waals surface area contributed by atoms with E-state index in [9.17, 15) is 4.79 Å². The van der Waals surface area contributed by atoms with E-state index in [1.165, 1.54) is 0 Å². The molecule has 1 N–H and O–H groups in total. The van der Waals surface area contributed by atoms with Gasteiger partial charge in [-0.05, 0) is 13.8 Å². The van der Waals surface area contributed by atoms with Crippen molar-refractivity contribution in [1.29, 1.82) is 0 Å². The van der Waals surface area contributed by atoms with E-state index in [0.717, 1.165) is 0 Å². The Morgan fingerprint density at radius 2 is 1.73 bits per heavy atom. The van der Waals surface area contributed by atoms with Crippen molar-refractivity contribution in [2.75, 3.05) is 0 Å². The van der Waals surface area contributed by atoms with Gasteiger partial charge in [-0.1, -0.05) is 13.8 Å². The van der Waals surface area contributed by atoms with Gasteiger partial charge in [0.1, 0.15) is 11.6 Å². The molecule has 0 radical (unpaired) electrons. The third kappa shape index (κ3) is 3.50. The molecule has 0 saturated heterocycles. The maximum Gasteiger partial charge on any atom is 0.348 e. The number of aromatic nitrogens is 3. The van der Waals surface area contributed by atoms with E-state index in [1.807, 2.05) is 13.8 Å². The second kappa shape index (κ2) is 4.60. The van der Waals surface area contributed by atoms with Gasteiger partial charge >= 0.3 is 5.69 Å². The highest BCUT2D eigenvalue weighted by Gasteiger charge is 1.89. The normalized spacial score (nSPS) is 8.36. The minimum absolute atomic E-state index is 0.333. The predicted molar refractivity (Wildman–Crippen MR) is 43.5 cm³/mol. The summed E-state index contributed by atoms with van der Waals surface area (Å²) in [6.45, 7) is 7.40. The third-order valence-electron chi connectivity index (χ3n) is 0.881. The molecule has 1 aromatic rings. The van der Waals surface area contributed by atoms with E-state index in [4.69, 9.17) is 0 Å². The Kier molecular flexibility index (Phi) is 4.10. The Balaban J connectivity index is 0.000000461. The molecule has 0 atom stereocenters. The van der Waals surface area contributed by atoms with Crippen LogP contribution in [0.25, 0.3) is 0 Å². The van der Waals surface area contributed by atoms with Gasteiger partial charge in [-0.25, -0.2) is 9.78 Å². The zero-order chi connectivity index (χ0) is 8.85. The summed E-state index contributed by atoms with van der Waals surface area (Å²) in [5.74, 6) is 1.11. The van der Waals surface area contributed by atoms with Crippen LogP contribution < -0.4 is 5.69 Å². The van der Waals surface area contributed by atoms with Crippen molar-refractivity contribution in [1.82, 2.24) is 15.0 Å². The smallest absolute Gasteiger partial charge is 0.294 e. The first kappa shape index (κ1) is 9.81. The summed E-state index contributed by atoms with van der Waals surface area (Å²) >= 11 is 0. The molecule has 0 fully saturated rings. The molecule has 4 nitrogen and oxygen atoms in total. The largest absolute Gasteiger partial charge is 0.348 e. The molecule has 1 aromatic heterocycles. The predicted octanol–water partition coefficient (Wildman–Crippen LogP) is 0.808. The van der Waals surface area contributed by atoms with E-state index in [-0.39, 0.29) is 5.69 Å². The SMILES string of the molecule is CC.Cc1nc(C)[nH]c(=O)n1. The van der Waals surface area contributed by atoms with Gasteiger partial charge in [0, 0.05) is 0 Å². The van der Waals surface area contributed by atoms with E-state index in [0.29, 0.717) is 11.6 Å². The molecule has 0 aromatic carbocycles. The van der Waals surface area contributed by atoms with E-state index in [2.05, 4.69) is 15.0 Å². The lowest BCUT2D eigenvalue weighted by Gasteiger charge is -1.89. The highest BCUT2D eigenvalue weighted by Crippen LogP contribution is 1.79. The van der Waals surface area contributed by atoms with Gasteiger partial charge in [0.05, 0.1) is 0 Å². The highest BCUT2D eigenvalue weighted by molar-refractivity contribution is 4.84. The van der Waals surface area contributed by atoms with E-state index in [1.54, 1.807) is 13.8 Å². The maximum atomic E-state index is 10.5. The maximum absolute atomic E-state index is 10.5. The number of aromatic amines is 1. The van der Waals surface area contributed by atoms with Crippen LogP contribution in [-0.2, 0) is 0 Å². The molecule has 0 bridgehead atoms. The van der Waals surface area contributed by atoms with Crippen LogP contribution in [-0.4, -0.2) is 15.0 Å². The number of hydrogen-bond acceptors (Lipinski definition) is 3. The molecule has 4 heteroatoms. The Morgan fingerprint density at radius 1 is 1.18 bits per heavy atom. The number of nitrogens with zero attached hydrogens (tertiary/aromatic N) is 2. The summed E-state index contributed by atoms with van der Waals surface area (Å²) in [5, 5.41) is 0. The van der Waals surface area contributed by atoms with Crippen molar-refractivity contribution in [3.8, 4) is 0 Å². The van der Waals surface area contributed by atoms with Gasteiger partial charge in [-0.2, -0.15) is 4.98 Å². The van der Waals surface area contributed by atoms with Gasteiger partial charge < -0.3 is 0 Å². The molecule has 0 unspecified atom stereocenters. The molecule has 0 spiro atoms. The lowest BCUT2D eigenvalue weighted by molar-refractivity contribution is 0.879. The summed E-state index contributed by atoms with van der Waals surface area (Å²) in [7, 11) is 0. The fourth-order valence-electron chi connectivity index (χ4n) is 0.625. The monoisotopic (exact) mass is 155 g/mol. The molecule has 1 rings (SSSR count). The van der Waals surface area contributed by atoms with Crippen LogP contribution in [0.15, 0.2) is 4.79 Å². The second-order valence-electron chi connectivity index (χ2n) is 1.79. The van der Waals surface area contributed by atoms with Crippen LogP contribution in [0.3, 0.4) is 0 Å². The molecule has 11 heavy (non-hydrogen) atoms. The average molecular weight is 155 g/mol. The number of nitrogens with one attached hydrogen (secondary N) is 1. The lowest BCUT2D eigenvalue weighted by atomic mass is 10.6. The first-order chi connectivity index (χ1) is 5.18. The topological polar surface area (TPSA) is 58.6 Å². The number of H-pyrrole nitrogens is 1. The molecule has 0 aliphatic rings. The second-order valence-corrected chi connectivity index (χ2v) is 1.79. The van der Waals surface area contributed by atoms with Crippen LogP contribution in [0, 0.1) is 13.8 Å². The molecular formula is C7H13N3O. The summed E-state index contributed by atoms with van der Waals surface area (Å²) < 4.78 is 0. The number of aryl methyl sites for hydroxylation is 2. The van der Waals surface area contributed by atoms with Gasteiger partial charge in [-0.3, -0.25) is 4.98 Å². The molecular weight excluding hydrogens is 142 g/mol. The van der Waals surface area contributed by atoms with Crippen LogP contribution in [0.1, 0.15) is 25.5 Å². The quantitative estimate of drug-likeness (QED) is 0.603. The van der Waals surface area contributed by atoms with Crippen molar-refractivity contribution in [3.05, 3.63) is 22.1 Å². The minimum atomic E-state index is -0.333. The molecule has 62 valence electrons. The average Bonchev–Trinajstić information content (AvgIpc) is 1.88. The summed E-state index contributed by atoms with van der Waals surface area (Å²) in [6.07, 6.45) is 0. The Bertz CT molecular complexity index is 243. The van der Waals surface area contributed by atoms with Gasteiger partial charge in [0.25, 0.3) is 0 Å². The molecule has 0 saturated carbocycles.